The number of methoxy groups -OCH3 is 2. The van der Waals surface area contributed by atoms with Crippen LogP contribution in [0.5, 0.6) is 11.5 Å². The summed E-state index contributed by atoms with van der Waals surface area (Å²) in [5.74, 6) is 0.853. The van der Waals surface area contributed by atoms with Gasteiger partial charge in [0.25, 0.3) is 5.91 Å². The molecule has 106 valence electrons. The molecule has 2 rings (SSSR count). The van der Waals surface area contributed by atoms with Crippen LogP contribution >= 0.6 is 11.3 Å². The van der Waals surface area contributed by atoms with E-state index in [0.29, 0.717) is 27.8 Å². The number of benzene rings is 1. The quantitative estimate of drug-likeness (QED) is 0.850. The third-order valence-electron chi connectivity index (χ3n) is 2.87. The Bertz CT molecular complexity index is 637. The fourth-order valence-corrected chi connectivity index (χ4v) is 2.61. The highest BCUT2D eigenvalue weighted by molar-refractivity contribution is 7.12. The standard InChI is InChI=1S/C14H16N2O3S/c1-8-4-5-20-13(8)14(17)16-10-7-12(19-3)11(18-2)6-9(10)15/h4-7H,15H2,1-3H3,(H,16,17). The van der Waals surface area contributed by atoms with Gasteiger partial charge in [0, 0.05) is 12.1 Å². The van der Waals surface area contributed by atoms with Crippen molar-refractivity contribution in [3.05, 3.63) is 34.0 Å². The lowest BCUT2D eigenvalue weighted by atomic mass is 10.2. The van der Waals surface area contributed by atoms with Gasteiger partial charge in [-0.1, -0.05) is 0 Å². The normalized spacial score (nSPS) is 10.2. The van der Waals surface area contributed by atoms with Gasteiger partial charge in [-0.3, -0.25) is 4.79 Å². The number of hydrogen-bond donors (Lipinski definition) is 2. The number of ether oxygens (including phenoxy) is 2. The summed E-state index contributed by atoms with van der Waals surface area (Å²) in [6.45, 7) is 1.89. The number of rotatable bonds is 4. The van der Waals surface area contributed by atoms with Gasteiger partial charge in [0.05, 0.1) is 30.5 Å². The Morgan fingerprint density at radius 3 is 2.45 bits per heavy atom. The van der Waals surface area contributed by atoms with Gasteiger partial charge in [0.15, 0.2) is 11.5 Å². The van der Waals surface area contributed by atoms with Gasteiger partial charge in [-0.25, -0.2) is 0 Å². The summed E-state index contributed by atoms with van der Waals surface area (Å²) in [7, 11) is 3.06. The van der Waals surface area contributed by atoms with E-state index in [1.165, 1.54) is 25.6 Å². The zero-order valence-corrected chi connectivity index (χ0v) is 12.3. The number of carbonyl (C=O) groups excluding carboxylic acids is 1. The topological polar surface area (TPSA) is 73.6 Å². The van der Waals surface area contributed by atoms with Crippen molar-refractivity contribution in [1.29, 1.82) is 0 Å². The van der Waals surface area contributed by atoms with Crippen molar-refractivity contribution in [2.45, 2.75) is 6.92 Å². The number of aryl methyl sites for hydroxylation is 1. The number of nitrogen functional groups attached to an aromatic ring is 1. The van der Waals surface area contributed by atoms with E-state index in [9.17, 15) is 4.79 Å². The summed E-state index contributed by atoms with van der Waals surface area (Å²) in [6.07, 6.45) is 0. The van der Waals surface area contributed by atoms with E-state index >= 15 is 0 Å². The molecular weight excluding hydrogens is 276 g/mol. The summed E-state index contributed by atoms with van der Waals surface area (Å²) < 4.78 is 10.4. The number of thiophene rings is 1. The third-order valence-corrected chi connectivity index (χ3v) is 3.89. The third kappa shape index (κ3) is 2.70. The Labute approximate surface area is 121 Å². The van der Waals surface area contributed by atoms with Crippen LogP contribution in [0.25, 0.3) is 0 Å². The molecule has 1 heterocycles. The van der Waals surface area contributed by atoms with Crippen LogP contribution in [0.3, 0.4) is 0 Å². The van der Waals surface area contributed by atoms with E-state index in [-0.39, 0.29) is 5.91 Å². The Kier molecular flexibility index (Phi) is 4.14. The Hall–Kier alpha value is -2.21. The van der Waals surface area contributed by atoms with E-state index in [2.05, 4.69) is 5.32 Å². The lowest BCUT2D eigenvalue weighted by molar-refractivity contribution is 0.103. The number of nitrogens with one attached hydrogen (secondary N) is 1. The summed E-state index contributed by atoms with van der Waals surface area (Å²) >= 11 is 1.39. The minimum Gasteiger partial charge on any atom is -0.493 e. The Morgan fingerprint density at radius 2 is 1.90 bits per heavy atom. The molecule has 0 spiro atoms. The van der Waals surface area contributed by atoms with Crippen molar-refractivity contribution in [3.63, 3.8) is 0 Å². The molecule has 0 radical (unpaired) electrons. The Balaban J connectivity index is 2.30. The van der Waals surface area contributed by atoms with E-state index in [0.717, 1.165) is 5.56 Å². The van der Waals surface area contributed by atoms with E-state index in [4.69, 9.17) is 15.2 Å². The number of carbonyl (C=O) groups is 1. The molecule has 3 N–H and O–H groups in total. The number of anilines is 2. The molecule has 1 aromatic heterocycles. The van der Waals surface area contributed by atoms with Crippen LogP contribution in [-0.4, -0.2) is 20.1 Å². The molecule has 6 heteroatoms. The van der Waals surface area contributed by atoms with Gasteiger partial charge in [0.1, 0.15) is 0 Å². The molecule has 20 heavy (non-hydrogen) atoms. The first-order valence-corrected chi connectivity index (χ1v) is 6.81. The molecule has 0 bridgehead atoms. The predicted molar refractivity (Wildman–Crippen MR) is 81.0 cm³/mol. The highest BCUT2D eigenvalue weighted by atomic mass is 32.1. The zero-order chi connectivity index (χ0) is 14.7. The van der Waals surface area contributed by atoms with Crippen LogP contribution in [0, 0.1) is 6.92 Å². The lowest BCUT2D eigenvalue weighted by Gasteiger charge is -2.13. The van der Waals surface area contributed by atoms with Crippen LogP contribution in [0.4, 0.5) is 11.4 Å². The number of amides is 1. The highest BCUT2D eigenvalue weighted by Crippen LogP contribution is 2.35. The second-order valence-electron chi connectivity index (χ2n) is 4.18. The molecule has 0 aliphatic carbocycles. The van der Waals surface area contributed by atoms with Gasteiger partial charge in [0.2, 0.25) is 0 Å². The molecule has 1 aromatic carbocycles. The summed E-state index contributed by atoms with van der Waals surface area (Å²) in [5.41, 5.74) is 7.77. The van der Waals surface area contributed by atoms with Crippen molar-refractivity contribution >= 4 is 28.6 Å². The van der Waals surface area contributed by atoms with Gasteiger partial charge in [-0.05, 0) is 23.9 Å². The van der Waals surface area contributed by atoms with Crippen LogP contribution in [-0.2, 0) is 0 Å². The maximum atomic E-state index is 12.2. The van der Waals surface area contributed by atoms with Gasteiger partial charge >= 0.3 is 0 Å². The second-order valence-corrected chi connectivity index (χ2v) is 5.10. The zero-order valence-electron chi connectivity index (χ0n) is 11.5. The first kappa shape index (κ1) is 14.2. The first-order valence-electron chi connectivity index (χ1n) is 5.93. The van der Waals surface area contributed by atoms with E-state index < -0.39 is 0 Å². The molecule has 2 aromatic rings. The highest BCUT2D eigenvalue weighted by Gasteiger charge is 2.14. The Morgan fingerprint density at radius 1 is 1.25 bits per heavy atom. The molecule has 0 aliphatic heterocycles. The average molecular weight is 292 g/mol. The van der Waals surface area contributed by atoms with Gasteiger partial charge in [-0.15, -0.1) is 11.3 Å². The molecule has 0 saturated heterocycles. The SMILES string of the molecule is COc1cc(N)c(NC(=O)c2sccc2C)cc1OC. The predicted octanol–water partition coefficient (Wildman–Crippen LogP) is 2.91. The fraction of sp³-hybridized carbons (Fsp3) is 0.214. The molecule has 0 unspecified atom stereocenters. The first-order chi connectivity index (χ1) is 9.56. The van der Waals surface area contributed by atoms with E-state index in [1.54, 1.807) is 12.1 Å². The molecule has 5 nitrogen and oxygen atoms in total. The maximum absolute atomic E-state index is 12.2. The largest absolute Gasteiger partial charge is 0.493 e. The fourth-order valence-electron chi connectivity index (χ4n) is 1.79. The van der Waals surface area contributed by atoms with Crippen molar-refractivity contribution < 1.29 is 14.3 Å². The minimum atomic E-state index is -0.184. The lowest BCUT2D eigenvalue weighted by Crippen LogP contribution is -2.13. The molecule has 0 aliphatic rings. The monoisotopic (exact) mass is 292 g/mol. The summed E-state index contributed by atoms with van der Waals surface area (Å²) in [5, 5.41) is 4.67. The molecular formula is C14H16N2O3S. The van der Waals surface area contributed by atoms with Crippen LogP contribution in [0.1, 0.15) is 15.2 Å². The van der Waals surface area contributed by atoms with Crippen molar-refractivity contribution in [1.82, 2.24) is 0 Å². The van der Waals surface area contributed by atoms with Crippen molar-refractivity contribution in [3.8, 4) is 11.5 Å². The van der Waals surface area contributed by atoms with Gasteiger partial charge < -0.3 is 20.5 Å². The van der Waals surface area contributed by atoms with Crippen molar-refractivity contribution in [2.75, 3.05) is 25.3 Å². The summed E-state index contributed by atoms with van der Waals surface area (Å²) in [4.78, 5) is 12.8. The molecule has 0 saturated carbocycles. The maximum Gasteiger partial charge on any atom is 0.266 e. The van der Waals surface area contributed by atoms with Crippen LogP contribution in [0.15, 0.2) is 23.6 Å². The molecule has 1 amide bonds. The van der Waals surface area contributed by atoms with E-state index in [1.807, 2.05) is 18.4 Å². The molecule has 0 fully saturated rings. The molecule has 0 atom stereocenters. The average Bonchev–Trinajstić information content (AvgIpc) is 2.86. The smallest absolute Gasteiger partial charge is 0.266 e. The van der Waals surface area contributed by atoms with Crippen LogP contribution < -0.4 is 20.5 Å². The van der Waals surface area contributed by atoms with Gasteiger partial charge in [-0.2, -0.15) is 0 Å². The minimum absolute atomic E-state index is 0.184. The number of nitrogens with two attached hydrogens (primary N) is 1. The number of hydrogen-bond acceptors (Lipinski definition) is 5. The van der Waals surface area contributed by atoms with Crippen LogP contribution in [0.2, 0.25) is 0 Å². The summed E-state index contributed by atoms with van der Waals surface area (Å²) in [6, 6.07) is 5.17. The van der Waals surface area contributed by atoms with Crippen molar-refractivity contribution in [2.24, 2.45) is 0 Å². The second kappa shape index (κ2) is 5.83.